The van der Waals surface area contributed by atoms with E-state index in [1.807, 2.05) is 43.6 Å². The molecule has 0 amide bonds. The molecule has 1 aromatic heterocycles. The Kier molecular flexibility index (Phi) is 6.43. The van der Waals surface area contributed by atoms with E-state index in [1.54, 1.807) is 0 Å². The van der Waals surface area contributed by atoms with Crippen molar-refractivity contribution in [3.8, 4) is 16.8 Å². The molecule has 1 fully saturated rings. The Morgan fingerprint density at radius 1 is 0.971 bits per heavy atom. The SMILES string of the molecule is CCOC(=O)c1cc(-c2cccc(CN3CCN(C)CC3)c2)c2c(c1)ncn2-c1ccccc1. The van der Waals surface area contributed by atoms with Crippen molar-refractivity contribution in [1.82, 2.24) is 19.4 Å². The number of carbonyl (C=O) groups excluding carboxylic acids is 1. The number of fused-ring (bicyclic) bond motifs is 1. The summed E-state index contributed by atoms with van der Waals surface area (Å²) in [5.41, 5.74) is 6.62. The van der Waals surface area contributed by atoms with Crippen LogP contribution in [0.4, 0.5) is 0 Å². The van der Waals surface area contributed by atoms with Gasteiger partial charge in [0.25, 0.3) is 0 Å². The minimum Gasteiger partial charge on any atom is -0.462 e. The lowest BCUT2D eigenvalue weighted by Gasteiger charge is -2.32. The average Bonchev–Trinajstić information content (AvgIpc) is 3.30. The first-order valence-electron chi connectivity index (χ1n) is 11.9. The number of esters is 1. The summed E-state index contributed by atoms with van der Waals surface area (Å²) in [6.07, 6.45) is 1.83. The molecule has 3 aromatic carbocycles. The van der Waals surface area contributed by atoms with E-state index in [0.29, 0.717) is 12.2 Å². The monoisotopic (exact) mass is 454 g/mol. The van der Waals surface area contributed by atoms with Crippen molar-refractivity contribution in [3.05, 3.63) is 84.2 Å². The summed E-state index contributed by atoms with van der Waals surface area (Å²) in [6.45, 7) is 7.42. The molecule has 0 atom stereocenters. The van der Waals surface area contributed by atoms with Gasteiger partial charge in [0.2, 0.25) is 0 Å². The third-order valence-electron chi connectivity index (χ3n) is 6.43. The molecular formula is C28H30N4O2. The van der Waals surface area contributed by atoms with Crippen LogP contribution in [-0.2, 0) is 11.3 Å². The Morgan fingerprint density at radius 2 is 1.76 bits per heavy atom. The molecular weight excluding hydrogens is 424 g/mol. The van der Waals surface area contributed by atoms with Gasteiger partial charge < -0.3 is 9.64 Å². The smallest absolute Gasteiger partial charge is 0.338 e. The Morgan fingerprint density at radius 3 is 2.53 bits per heavy atom. The van der Waals surface area contributed by atoms with Crippen molar-refractivity contribution in [1.29, 1.82) is 0 Å². The zero-order valence-electron chi connectivity index (χ0n) is 19.8. The topological polar surface area (TPSA) is 50.6 Å². The van der Waals surface area contributed by atoms with Gasteiger partial charge in [0.15, 0.2) is 0 Å². The summed E-state index contributed by atoms with van der Waals surface area (Å²) in [7, 11) is 2.18. The maximum Gasteiger partial charge on any atom is 0.338 e. The lowest BCUT2D eigenvalue weighted by Crippen LogP contribution is -2.43. The van der Waals surface area contributed by atoms with Crippen LogP contribution in [0.5, 0.6) is 0 Å². The molecule has 1 aliphatic heterocycles. The first-order chi connectivity index (χ1) is 16.6. The summed E-state index contributed by atoms with van der Waals surface area (Å²) in [5, 5.41) is 0. The molecule has 2 heterocycles. The number of para-hydroxylation sites is 1. The van der Waals surface area contributed by atoms with Crippen molar-refractivity contribution in [2.75, 3.05) is 39.8 Å². The first kappa shape index (κ1) is 22.3. The normalized spacial score (nSPS) is 15.0. The number of hydrogen-bond acceptors (Lipinski definition) is 5. The summed E-state index contributed by atoms with van der Waals surface area (Å²) >= 11 is 0. The molecule has 34 heavy (non-hydrogen) atoms. The maximum atomic E-state index is 12.6. The van der Waals surface area contributed by atoms with Crippen molar-refractivity contribution in [3.63, 3.8) is 0 Å². The van der Waals surface area contributed by atoms with Crippen LogP contribution in [0, 0.1) is 0 Å². The molecule has 0 spiro atoms. The fourth-order valence-electron chi connectivity index (χ4n) is 4.59. The number of imidazole rings is 1. The van der Waals surface area contributed by atoms with Gasteiger partial charge in [-0.2, -0.15) is 0 Å². The Hall–Kier alpha value is -3.48. The van der Waals surface area contributed by atoms with E-state index in [4.69, 9.17) is 4.74 Å². The molecule has 0 aliphatic carbocycles. The van der Waals surface area contributed by atoms with E-state index in [0.717, 1.165) is 60.6 Å². The quantitative estimate of drug-likeness (QED) is 0.398. The number of likely N-dealkylation sites (N-methyl/N-ethyl adjacent to an activating group) is 1. The zero-order valence-corrected chi connectivity index (χ0v) is 19.8. The Bertz CT molecular complexity index is 1290. The van der Waals surface area contributed by atoms with Gasteiger partial charge in [-0.3, -0.25) is 9.47 Å². The molecule has 4 aromatic rings. The largest absolute Gasteiger partial charge is 0.462 e. The molecule has 0 radical (unpaired) electrons. The van der Waals surface area contributed by atoms with Crippen LogP contribution < -0.4 is 0 Å². The third kappa shape index (κ3) is 4.60. The minimum atomic E-state index is -0.325. The van der Waals surface area contributed by atoms with Gasteiger partial charge in [0.05, 0.1) is 23.2 Å². The zero-order chi connectivity index (χ0) is 23.5. The van der Waals surface area contributed by atoms with Crippen LogP contribution in [0.25, 0.3) is 27.8 Å². The van der Waals surface area contributed by atoms with Crippen molar-refractivity contribution in [2.45, 2.75) is 13.5 Å². The number of aromatic nitrogens is 2. The van der Waals surface area contributed by atoms with Crippen molar-refractivity contribution < 1.29 is 9.53 Å². The van der Waals surface area contributed by atoms with Gasteiger partial charge in [-0.25, -0.2) is 9.78 Å². The van der Waals surface area contributed by atoms with E-state index in [1.165, 1.54) is 5.56 Å². The van der Waals surface area contributed by atoms with E-state index in [2.05, 4.69) is 62.8 Å². The lowest BCUT2D eigenvalue weighted by atomic mass is 9.98. The molecule has 0 N–H and O–H groups in total. The number of nitrogens with zero attached hydrogens (tertiary/aromatic N) is 4. The van der Waals surface area contributed by atoms with Crippen LogP contribution in [-0.4, -0.2) is 65.2 Å². The highest BCUT2D eigenvalue weighted by atomic mass is 16.5. The van der Waals surface area contributed by atoms with Gasteiger partial charge >= 0.3 is 5.97 Å². The van der Waals surface area contributed by atoms with E-state index in [-0.39, 0.29) is 5.97 Å². The molecule has 6 heteroatoms. The van der Waals surface area contributed by atoms with E-state index >= 15 is 0 Å². The standard InChI is InChI=1S/C28H30N4O2/c1-3-34-28(33)23-17-25(27-26(18-23)29-20-32(27)24-10-5-4-6-11-24)22-9-7-8-21(16-22)19-31-14-12-30(2)13-15-31/h4-11,16-18,20H,3,12-15,19H2,1-2H3. The van der Waals surface area contributed by atoms with Crippen molar-refractivity contribution >= 4 is 17.0 Å². The first-order valence-corrected chi connectivity index (χ1v) is 11.9. The van der Waals surface area contributed by atoms with Crippen LogP contribution in [0.2, 0.25) is 0 Å². The van der Waals surface area contributed by atoms with Gasteiger partial charge in [-0.05, 0) is 55.4 Å². The van der Waals surface area contributed by atoms with Crippen molar-refractivity contribution in [2.24, 2.45) is 0 Å². The Balaban J connectivity index is 1.59. The molecule has 1 saturated heterocycles. The summed E-state index contributed by atoms with van der Waals surface area (Å²) in [5.74, 6) is -0.325. The second-order valence-corrected chi connectivity index (χ2v) is 8.84. The van der Waals surface area contributed by atoms with Crippen LogP contribution in [0.3, 0.4) is 0 Å². The second kappa shape index (κ2) is 9.79. The average molecular weight is 455 g/mol. The summed E-state index contributed by atoms with van der Waals surface area (Å²) in [4.78, 5) is 22.2. The third-order valence-corrected chi connectivity index (χ3v) is 6.43. The van der Waals surface area contributed by atoms with Gasteiger partial charge in [-0.15, -0.1) is 0 Å². The number of hydrogen-bond donors (Lipinski definition) is 0. The van der Waals surface area contributed by atoms with E-state index in [9.17, 15) is 4.79 Å². The Labute approximate surface area is 200 Å². The fraction of sp³-hybridized carbons (Fsp3) is 0.286. The highest BCUT2D eigenvalue weighted by Gasteiger charge is 2.18. The van der Waals surface area contributed by atoms with Gasteiger partial charge in [0.1, 0.15) is 6.33 Å². The molecule has 0 unspecified atom stereocenters. The van der Waals surface area contributed by atoms with Crippen LogP contribution >= 0.6 is 0 Å². The van der Waals surface area contributed by atoms with Crippen LogP contribution in [0.1, 0.15) is 22.8 Å². The number of ether oxygens (including phenoxy) is 1. The predicted octanol–water partition coefficient (Wildman–Crippen LogP) is 4.62. The maximum absolute atomic E-state index is 12.6. The number of piperazine rings is 1. The molecule has 0 bridgehead atoms. The second-order valence-electron chi connectivity index (χ2n) is 8.84. The molecule has 1 aliphatic rings. The molecule has 6 nitrogen and oxygen atoms in total. The highest BCUT2D eigenvalue weighted by Crippen LogP contribution is 2.32. The summed E-state index contributed by atoms with van der Waals surface area (Å²) in [6, 6.07) is 22.6. The predicted molar refractivity (Wildman–Crippen MR) is 135 cm³/mol. The van der Waals surface area contributed by atoms with Gasteiger partial charge in [0, 0.05) is 44.0 Å². The highest BCUT2D eigenvalue weighted by molar-refractivity contribution is 6.01. The lowest BCUT2D eigenvalue weighted by molar-refractivity contribution is 0.0526. The number of benzene rings is 3. The summed E-state index contributed by atoms with van der Waals surface area (Å²) < 4.78 is 7.40. The molecule has 5 rings (SSSR count). The number of carbonyl (C=O) groups is 1. The fourth-order valence-corrected chi connectivity index (χ4v) is 4.59. The molecule has 0 saturated carbocycles. The van der Waals surface area contributed by atoms with E-state index < -0.39 is 0 Å². The number of rotatable bonds is 6. The minimum absolute atomic E-state index is 0.325. The molecule has 174 valence electrons. The van der Waals surface area contributed by atoms with Gasteiger partial charge in [-0.1, -0.05) is 36.4 Å². The van der Waals surface area contributed by atoms with Crippen LogP contribution in [0.15, 0.2) is 73.1 Å².